The highest BCUT2D eigenvalue weighted by molar-refractivity contribution is 5.80. The van der Waals surface area contributed by atoms with E-state index in [0.717, 1.165) is 38.8 Å². The third-order valence-electron chi connectivity index (χ3n) is 4.88. The molecule has 0 aromatic carbocycles. The van der Waals surface area contributed by atoms with Crippen molar-refractivity contribution in [2.24, 2.45) is 17.8 Å². The van der Waals surface area contributed by atoms with Crippen LogP contribution in [-0.4, -0.2) is 48.1 Å². The molecule has 1 heterocycles. The molecule has 1 aliphatic heterocycles. The van der Waals surface area contributed by atoms with Crippen LogP contribution in [0.25, 0.3) is 0 Å². The smallest absolute Gasteiger partial charge is 0.308 e. The second kappa shape index (κ2) is 6.57. The predicted molar refractivity (Wildman–Crippen MR) is 76.3 cm³/mol. The van der Waals surface area contributed by atoms with Gasteiger partial charge < -0.3 is 15.3 Å². The third kappa shape index (κ3) is 3.32. The number of amides is 1. The molecule has 2 rings (SSSR count). The van der Waals surface area contributed by atoms with Crippen LogP contribution in [0, 0.1) is 17.8 Å². The Morgan fingerprint density at radius 3 is 2.60 bits per heavy atom. The second-order valence-corrected chi connectivity index (χ2v) is 6.42. The van der Waals surface area contributed by atoms with E-state index in [1.807, 2.05) is 0 Å². The monoisotopic (exact) mass is 282 g/mol. The van der Waals surface area contributed by atoms with E-state index in [1.54, 1.807) is 11.9 Å². The minimum Gasteiger partial charge on any atom is -0.481 e. The molecule has 1 amide bonds. The fraction of sp³-hybridized carbons (Fsp3) is 0.867. The first-order chi connectivity index (χ1) is 9.50. The van der Waals surface area contributed by atoms with Crippen molar-refractivity contribution in [3.63, 3.8) is 0 Å². The van der Waals surface area contributed by atoms with Crippen LogP contribution in [0.1, 0.15) is 39.0 Å². The summed E-state index contributed by atoms with van der Waals surface area (Å²) in [6.07, 6.45) is 4.43. The molecular weight excluding hydrogens is 256 g/mol. The number of aliphatic carboxylic acids is 1. The van der Waals surface area contributed by atoms with Crippen LogP contribution in [-0.2, 0) is 9.59 Å². The quantitative estimate of drug-likeness (QED) is 0.819. The number of hydrogen-bond donors (Lipinski definition) is 2. The summed E-state index contributed by atoms with van der Waals surface area (Å²) in [5.74, 6) is -0.607. The molecule has 0 bridgehead atoms. The van der Waals surface area contributed by atoms with Crippen LogP contribution in [0.4, 0.5) is 0 Å². The Bertz CT molecular complexity index is 366. The number of carboxylic acid groups (broad SMARTS) is 1. The Morgan fingerprint density at radius 2 is 2.00 bits per heavy atom. The Hall–Kier alpha value is -1.10. The number of carboxylic acids is 1. The predicted octanol–water partition coefficient (Wildman–Crippen LogP) is 1.33. The Morgan fingerprint density at radius 1 is 1.25 bits per heavy atom. The second-order valence-electron chi connectivity index (χ2n) is 6.42. The summed E-state index contributed by atoms with van der Waals surface area (Å²) < 4.78 is 0. The fourth-order valence-corrected chi connectivity index (χ4v) is 3.61. The molecule has 4 unspecified atom stereocenters. The molecule has 4 atom stereocenters. The zero-order valence-electron chi connectivity index (χ0n) is 12.5. The summed E-state index contributed by atoms with van der Waals surface area (Å²) in [4.78, 5) is 25.7. The summed E-state index contributed by atoms with van der Waals surface area (Å²) in [5, 5.41) is 12.7. The van der Waals surface area contributed by atoms with E-state index in [4.69, 9.17) is 0 Å². The summed E-state index contributed by atoms with van der Waals surface area (Å²) in [6.45, 7) is 3.80. The summed E-state index contributed by atoms with van der Waals surface area (Å²) >= 11 is 0. The first-order valence-corrected chi connectivity index (χ1v) is 7.71. The van der Waals surface area contributed by atoms with E-state index in [1.165, 1.54) is 0 Å². The zero-order chi connectivity index (χ0) is 14.7. The topological polar surface area (TPSA) is 69.6 Å². The standard InChI is InChI=1S/C15H26N2O3/c1-10-5-6-13(12(8-10)15(19)20)17(2)14(18)11-4-3-7-16-9-11/h10-13,16H,3-9H2,1-2H3,(H,19,20). The molecule has 1 aliphatic carbocycles. The van der Waals surface area contributed by atoms with Gasteiger partial charge in [0.05, 0.1) is 11.8 Å². The van der Waals surface area contributed by atoms with Crippen molar-refractivity contribution < 1.29 is 14.7 Å². The van der Waals surface area contributed by atoms with Gasteiger partial charge in [0.1, 0.15) is 0 Å². The van der Waals surface area contributed by atoms with Crippen molar-refractivity contribution in [3.8, 4) is 0 Å². The molecule has 5 heteroatoms. The highest BCUT2D eigenvalue weighted by atomic mass is 16.4. The molecular formula is C15H26N2O3. The number of rotatable bonds is 3. The average molecular weight is 282 g/mol. The molecule has 0 radical (unpaired) electrons. The maximum absolute atomic E-state index is 12.5. The van der Waals surface area contributed by atoms with E-state index in [-0.39, 0.29) is 17.9 Å². The van der Waals surface area contributed by atoms with Gasteiger partial charge in [0.25, 0.3) is 0 Å². The molecule has 2 fully saturated rings. The molecule has 0 aromatic heterocycles. The van der Waals surface area contributed by atoms with Crippen LogP contribution in [0.5, 0.6) is 0 Å². The van der Waals surface area contributed by atoms with Crippen molar-refractivity contribution >= 4 is 11.9 Å². The van der Waals surface area contributed by atoms with Gasteiger partial charge in [0, 0.05) is 19.6 Å². The molecule has 114 valence electrons. The highest BCUT2D eigenvalue weighted by Gasteiger charge is 2.39. The molecule has 2 aliphatic rings. The van der Waals surface area contributed by atoms with Gasteiger partial charge in [-0.15, -0.1) is 0 Å². The molecule has 20 heavy (non-hydrogen) atoms. The van der Waals surface area contributed by atoms with E-state index in [2.05, 4.69) is 12.2 Å². The van der Waals surface area contributed by atoms with Crippen molar-refractivity contribution in [2.75, 3.05) is 20.1 Å². The first-order valence-electron chi connectivity index (χ1n) is 7.71. The molecule has 0 aromatic rings. The normalized spacial score (nSPS) is 34.5. The van der Waals surface area contributed by atoms with E-state index in [0.29, 0.717) is 12.3 Å². The first kappa shape index (κ1) is 15.3. The van der Waals surface area contributed by atoms with E-state index in [9.17, 15) is 14.7 Å². The molecule has 0 spiro atoms. The Kier molecular flexibility index (Phi) is 5.02. The van der Waals surface area contributed by atoms with Crippen LogP contribution >= 0.6 is 0 Å². The van der Waals surface area contributed by atoms with Crippen LogP contribution in [0.3, 0.4) is 0 Å². The average Bonchev–Trinajstić information content (AvgIpc) is 2.46. The molecule has 1 saturated heterocycles. The largest absolute Gasteiger partial charge is 0.481 e. The fourth-order valence-electron chi connectivity index (χ4n) is 3.61. The minimum absolute atomic E-state index is 0.0162. The van der Waals surface area contributed by atoms with E-state index < -0.39 is 11.9 Å². The summed E-state index contributed by atoms with van der Waals surface area (Å²) in [7, 11) is 1.79. The number of carbonyl (C=O) groups is 2. The van der Waals surface area contributed by atoms with Crippen molar-refractivity contribution in [2.45, 2.75) is 45.1 Å². The Balaban J connectivity index is 2.03. The summed E-state index contributed by atoms with van der Waals surface area (Å²) in [5.41, 5.74) is 0. The number of nitrogens with zero attached hydrogens (tertiary/aromatic N) is 1. The van der Waals surface area contributed by atoms with Gasteiger partial charge in [-0.05, 0) is 44.6 Å². The lowest BCUT2D eigenvalue weighted by Gasteiger charge is -2.40. The number of piperidine rings is 1. The lowest BCUT2D eigenvalue weighted by atomic mass is 9.78. The maximum atomic E-state index is 12.5. The third-order valence-corrected chi connectivity index (χ3v) is 4.88. The number of hydrogen-bond acceptors (Lipinski definition) is 3. The SMILES string of the molecule is CC1CCC(N(C)C(=O)C2CCCNC2)C(C(=O)O)C1. The molecule has 5 nitrogen and oxygen atoms in total. The van der Waals surface area contributed by atoms with Crippen molar-refractivity contribution in [1.29, 1.82) is 0 Å². The van der Waals surface area contributed by atoms with Gasteiger partial charge in [-0.3, -0.25) is 9.59 Å². The van der Waals surface area contributed by atoms with Gasteiger partial charge in [-0.1, -0.05) is 6.92 Å². The minimum atomic E-state index is -0.761. The lowest BCUT2D eigenvalue weighted by molar-refractivity contribution is -0.150. The van der Waals surface area contributed by atoms with Crippen LogP contribution in [0.2, 0.25) is 0 Å². The maximum Gasteiger partial charge on any atom is 0.308 e. The Labute approximate surface area is 120 Å². The zero-order valence-corrected chi connectivity index (χ0v) is 12.5. The molecule has 2 N–H and O–H groups in total. The van der Waals surface area contributed by atoms with Gasteiger partial charge in [-0.25, -0.2) is 0 Å². The van der Waals surface area contributed by atoms with Gasteiger partial charge in [0.15, 0.2) is 0 Å². The highest BCUT2D eigenvalue weighted by Crippen LogP contribution is 2.33. The summed E-state index contributed by atoms with van der Waals surface area (Å²) in [6, 6.07) is -0.141. The van der Waals surface area contributed by atoms with Crippen molar-refractivity contribution in [1.82, 2.24) is 10.2 Å². The molecule has 1 saturated carbocycles. The van der Waals surface area contributed by atoms with Gasteiger partial charge in [0.2, 0.25) is 5.91 Å². The van der Waals surface area contributed by atoms with Gasteiger partial charge >= 0.3 is 5.97 Å². The van der Waals surface area contributed by atoms with Gasteiger partial charge in [-0.2, -0.15) is 0 Å². The van der Waals surface area contributed by atoms with Crippen LogP contribution in [0.15, 0.2) is 0 Å². The number of carbonyl (C=O) groups excluding carboxylic acids is 1. The lowest BCUT2D eigenvalue weighted by Crippen LogP contribution is -2.51. The number of nitrogens with one attached hydrogen (secondary N) is 1. The van der Waals surface area contributed by atoms with Crippen molar-refractivity contribution in [3.05, 3.63) is 0 Å². The van der Waals surface area contributed by atoms with Crippen LogP contribution < -0.4 is 5.32 Å². The van der Waals surface area contributed by atoms with E-state index >= 15 is 0 Å².